The third kappa shape index (κ3) is 8.83. The monoisotopic (exact) mass is 582 g/mol. The van der Waals surface area contributed by atoms with Gasteiger partial charge in [0.05, 0.1) is 11.5 Å². The number of aliphatic hydroxyl groups excluding tert-OH is 1. The van der Waals surface area contributed by atoms with Gasteiger partial charge in [-0.3, -0.25) is 19.1 Å². The molecule has 40 heavy (non-hydrogen) atoms. The molecule has 0 bridgehead atoms. The summed E-state index contributed by atoms with van der Waals surface area (Å²) < 4.78 is 32.1. The van der Waals surface area contributed by atoms with E-state index in [1.165, 1.54) is 11.0 Å². The minimum Gasteiger partial charge on any atom is -0.516 e. The largest absolute Gasteiger partial charge is 0.516 e. The Kier molecular flexibility index (Phi) is 10.2. The molecular formula is C27H42N4O8S. The molecule has 1 saturated heterocycles. The highest BCUT2D eigenvalue weighted by atomic mass is 32.2. The third-order valence-corrected chi connectivity index (χ3v) is 8.15. The molecule has 1 aliphatic heterocycles. The molecule has 1 aliphatic carbocycles. The lowest BCUT2D eigenvalue weighted by atomic mass is 9.85. The minimum absolute atomic E-state index is 0.0416. The van der Waals surface area contributed by atoms with Crippen molar-refractivity contribution in [3.63, 3.8) is 0 Å². The highest BCUT2D eigenvalue weighted by molar-refractivity contribution is 7.90. The summed E-state index contributed by atoms with van der Waals surface area (Å²) in [6, 6.07) is -3.69. The Bertz CT molecular complexity index is 1180. The van der Waals surface area contributed by atoms with Crippen LogP contribution in [0.1, 0.15) is 67.2 Å². The average molecular weight is 583 g/mol. The van der Waals surface area contributed by atoms with Crippen molar-refractivity contribution in [3.8, 4) is 0 Å². The quantitative estimate of drug-likeness (QED) is 0.224. The highest BCUT2D eigenvalue weighted by Crippen LogP contribution is 2.29. The number of aliphatic hydroxyl groups is 1. The SMILES string of the molecule is C=CCC(=C)C(NC(=O)[C@@H]1C/C(=C/O)CN1C(=O)[C@@H](NC(=O)OC(C)(C)C)C(C)(C)C)C(=O)NS(=O)(=O)C1CC1. The maximum atomic E-state index is 13.8. The number of carbonyl (C=O) groups excluding carboxylic acids is 4. The van der Waals surface area contributed by atoms with Gasteiger partial charge in [-0.15, -0.1) is 6.58 Å². The number of nitrogens with one attached hydrogen (secondary N) is 3. The van der Waals surface area contributed by atoms with Crippen LogP contribution in [0.15, 0.2) is 36.6 Å². The molecule has 4 N–H and O–H groups in total. The van der Waals surface area contributed by atoms with Gasteiger partial charge in [-0.1, -0.05) is 33.4 Å². The lowest BCUT2D eigenvalue weighted by Crippen LogP contribution is -2.59. The Hall–Kier alpha value is -3.35. The molecule has 0 aromatic rings. The molecule has 13 heteroatoms. The lowest BCUT2D eigenvalue weighted by molar-refractivity contribution is -0.142. The zero-order chi connectivity index (χ0) is 30.6. The molecular weight excluding hydrogens is 540 g/mol. The second-order valence-electron chi connectivity index (χ2n) is 12.2. The molecule has 1 unspecified atom stereocenters. The van der Waals surface area contributed by atoms with E-state index < -0.39 is 68.2 Å². The van der Waals surface area contributed by atoms with E-state index in [2.05, 4.69) is 23.8 Å². The topological polar surface area (TPSA) is 171 Å². The fourth-order valence-corrected chi connectivity index (χ4v) is 5.43. The molecule has 1 saturated carbocycles. The molecule has 0 spiro atoms. The van der Waals surface area contributed by atoms with E-state index >= 15 is 0 Å². The summed E-state index contributed by atoms with van der Waals surface area (Å²) in [6.45, 7) is 17.6. The van der Waals surface area contributed by atoms with Crippen molar-refractivity contribution in [1.82, 2.24) is 20.3 Å². The number of carbonyl (C=O) groups is 4. The second kappa shape index (κ2) is 12.4. The summed E-state index contributed by atoms with van der Waals surface area (Å²) in [5.41, 5.74) is -1.03. The molecule has 0 aromatic carbocycles. The number of hydrogen-bond donors (Lipinski definition) is 4. The van der Waals surface area contributed by atoms with Crippen molar-refractivity contribution in [2.45, 2.75) is 96.2 Å². The maximum Gasteiger partial charge on any atom is 0.408 e. The highest BCUT2D eigenvalue weighted by Gasteiger charge is 2.45. The number of hydrogen-bond acceptors (Lipinski definition) is 8. The Morgan fingerprint density at radius 3 is 2.20 bits per heavy atom. The summed E-state index contributed by atoms with van der Waals surface area (Å²) in [6.07, 6.45) is 2.41. The second-order valence-corrected chi connectivity index (χ2v) is 14.2. The Balaban J connectivity index is 2.33. The van der Waals surface area contributed by atoms with Crippen LogP contribution in [0.3, 0.4) is 0 Å². The van der Waals surface area contributed by atoms with Crippen molar-refractivity contribution >= 4 is 33.8 Å². The first kappa shape index (κ1) is 32.9. The van der Waals surface area contributed by atoms with Crippen LogP contribution in [0, 0.1) is 5.41 Å². The molecule has 0 radical (unpaired) electrons. The number of sulfonamides is 1. The van der Waals surface area contributed by atoms with Crippen LogP contribution in [0.5, 0.6) is 0 Å². The molecule has 2 rings (SSSR count). The van der Waals surface area contributed by atoms with Crippen molar-refractivity contribution in [2.24, 2.45) is 5.41 Å². The number of ether oxygens (including phenoxy) is 1. The molecule has 4 amide bonds. The van der Waals surface area contributed by atoms with E-state index in [4.69, 9.17) is 4.74 Å². The molecule has 1 heterocycles. The lowest BCUT2D eigenvalue weighted by Gasteiger charge is -2.36. The van der Waals surface area contributed by atoms with Crippen LogP contribution in [-0.4, -0.2) is 77.8 Å². The first-order valence-electron chi connectivity index (χ1n) is 13.1. The van der Waals surface area contributed by atoms with Gasteiger partial charge in [0.2, 0.25) is 21.8 Å². The van der Waals surface area contributed by atoms with Crippen LogP contribution in [-0.2, 0) is 29.1 Å². The van der Waals surface area contributed by atoms with Gasteiger partial charge < -0.3 is 25.4 Å². The van der Waals surface area contributed by atoms with Crippen LogP contribution in [0.4, 0.5) is 4.79 Å². The van der Waals surface area contributed by atoms with Crippen molar-refractivity contribution in [3.05, 3.63) is 36.6 Å². The maximum absolute atomic E-state index is 13.8. The fourth-order valence-electron chi connectivity index (χ4n) is 4.11. The summed E-state index contributed by atoms with van der Waals surface area (Å²) in [4.78, 5) is 54.0. The smallest absolute Gasteiger partial charge is 0.408 e. The van der Waals surface area contributed by atoms with E-state index in [-0.39, 0.29) is 25.0 Å². The van der Waals surface area contributed by atoms with Crippen molar-refractivity contribution in [2.75, 3.05) is 6.54 Å². The average Bonchev–Trinajstić information content (AvgIpc) is 3.58. The third-order valence-electron chi connectivity index (χ3n) is 6.32. The van der Waals surface area contributed by atoms with Gasteiger partial charge >= 0.3 is 6.09 Å². The Labute approximate surface area is 236 Å². The number of alkyl carbamates (subject to hydrolysis) is 1. The Morgan fingerprint density at radius 2 is 1.73 bits per heavy atom. The normalized spacial score (nSPS) is 20.3. The van der Waals surface area contributed by atoms with Gasteiger partial charge in [-0.25, -0.2) is 13.2 Å². The molecule has 224 valence electrons. The van der Waals surface area contributed by atoms with Gasteiger partial charge in [0.25, 0.3) is 5.91 Å². The van der Waals surface area contributed by atoms with Gasteiger partial charge in [-0.05, 0) is 56.6 Å². The number of rotatable bonds is 10. The van der Waals surface area contributed by atoms with E-state index in [0.717, 1.165) is 6.26 Å². The summed E-state index contributed by atoms with van der Waals surface area (Å²) in [5.74, 6) is -2.33. The summed E-state index contributed by atoms with van der Waals surface area (Å²) in [5, 5.41) is 14.1. The molecule has 12 nitrogen and oxygen atoms in total. The molecule has 2 aliphatic rings. The molecule has 0 aromatic heterocycles. The van der Waals surface area contributed by atoms with Crippen LogP contribution in [0.25, 0.3) is 0 Å². The molecule has 2 fully saturated rings. The van der Waals surface area contributed by atoms with Crippen LogP contribution >= 0.6 is 0 Å². The summed E-state index contributed by atoms with van der Waals surface area (Å²) >= 11 is 0. The van der Waals surface area contributed by atoms with Gasteiger partial charge in [0, 0.05) is 13.0 Å². The number of allylic oxidation sites excluding steroid dienone is 1. The van der Waals surface area contributed by atoms with Crippen LogP contribution < -0.4 is 15.4 Å². The predicted molar refractivity (Wildman–Crippen MR) is 149 cm³/mol. The predicted octanol–water partition coefficient (Wildman–Crippen LogP) is 2.19. The standard InChI is InChI=1S/C27H42N4O8S/c1-9-10-16(2)20(23(34)30-40(37,38)18-11-12-18)28-22(33)19-13-17(15-32)14-31(19)24(35)21(26(3,4)5)29-25(36)39-27(6,7)8/h9,15,18-21,32H,1-2,10-14H2,3-8H3,(H,28,33)(H,29,36)(H,30,34)/b17-15-/t19-,20?,21+/m0/s1. The van der Waals surface area contributed by atoms with Crippen molar-refractivity contribution < 1.29 is 37.4 Å². The fraction of sp³-hybridized carbons (Fsp3) is 0.630. The van der Waals surface area contributed by atoms with Gasteiger partial charge in [0.1, 0.15) is 23.7 Å². The first-order valence-corrected chi connectivity index (χ1v) is 14.6. The van der Waals surface area contributed by atoms with Crippen molar-refractivity contribution in [1.29, 1.82) is 0 Å². The zero-order valence-electron chi connectivity index (χ0n) is 24.1. The summed E-state index contributed by atoms with van der Waals surface area (Å²) in [7, 11) is -3.90. The van der Waals surface area contributed by atoms with Gasteiger partial charge in [-0.2, -0.15) is 0 Å². The van der Waals surface area contributed by atoms with E-state index in [1.807, 2.05) is 4.72 Å². The Morgan fingerprint density at radius 1 is 1.12 bits per heavy atom. The minimum atomic E-state index is -3.90. The zero-order valence-corrected chi connectivity index (χ0v) is 24.9. The van der Waals surface area contributed by atoms with E-state index in [0.29, 0.717) is 18.4 Å². The van der Waals surface area contributed by atoms with Crippen LogP contribution in [0.2, 0.25) is 0 Å². The first-order chi connectivity index (χ1) is 18.3. The van der Waals surface area contributed by atoms with Gasteiger partial charge in [0.15, 0.2) is 0 Å². The van der Waals surface area contributed by atoms with E-state index in [1.54, 1.807) is 41.5 Å². The number of likely N-dealkylation sites (tertiary alicyclic amines) is 1. The van der Waals surface area contributed by atoms with E-state index in [9.17, 15) is 32.7 Å². The number of nitrogens with zero attached hydrogens (tertiary/aromatic N) is 1. The molecule has 3 atom stereocenters. The number of amides is 4.